The number of fused-ring (bicyclic) bond motifs is 2. The molecule has 4 unspecified atom stereocenters. The molecular formula is C29H40N2O3Si. The molecule has 2 aromatic rings. The van der Waals surface area contributed by atoms with Crippen LogP contribution in [0.15, 0.2) is 60.7 Å². The van der Waals surface area contributed by atoms with Crippen LogP contribution in [0, 0.1) is 5.92 Å². The summed E-state index contributed by atoms with van der Waals surface area (Å²) in [7, 11) is -2.74. The van der Waals surface area contributed by atoms with E-state index >= 15 is 0 Å². The summed E-state index contributed by atoms with van der Waals surface area (Å²) in [5.41, 5.74) is -0.519. The largest absolute Gasteiger partial charge is 0.444 e. The fourth-order valence-corrected chi connectivity index (χ4v) is 11.4. The van der Waals surface area contributed by atoms with Crippen molar-refractivity contribution < 1.29 is 14.0 Å². The standard InChI is InChI=1S/C29H40N2O3Si/c1-28(2,3)33-27(32)31-23-17-20-18-24(31)26(25(23)30-19-20)34-35(29(4,5)6,21-13-9-7-10-14-21)22-15-11-8-12-16-22/h7-16,20,23-26,30H,17-19H2,1-6H3/t20?,23?,24?,25?,26-/m0/s1. The molecular weight excluding hydrogens is 452 g/mol. The van der Waals surface area contributed by atoms with Crippen LogP contribution >= 0.6 is 0 Å². The molecule has 3 saturated heterocycles. The first-order valence-corrected chi connectivity index (χ1v) is 15.0. The van der Waals surface area contributed by atoms with Gasteiger partial charge < -0.3 is 14.5 Å². The summed E-state index contributed by atoms with van der Waals surface area (Å²) in [6.07, 6.45) is 1.70. The zero-order valence-electron chi connectivity index (χ0n) is 22.0. The first-order valence-electron chi connectivity index (χ1n) is 13.0. The van der Waals surface area contributed by atoms with Crippen LogP contribution in [0.4, 0.5) is 4.79 Å². The van der Waals surface area contributed by atoms with E-state index in [1.807, 2.05) is 25.7 Å². The van der Waals surface area contributed by atoms with Gasteiger partial charge in [-0.2, -0.15) is 0 Å². The van der Waals surface area contributed by atoms with Crippen LogP contribution in [0.2, 0.25) is 5.04 Å². The molecule has 1 N–H and O–H groups in total. The molecule has 0 saturated carbocycles. The first kappa shape index (κ1) is 24.5. The van der Waals surface area contributed by atoms with Crippen molar-refractivity contribution in [2.75, 3.05) is 6.54 Å². The molecule has 0 aliphatic carbocycles. The van der Waals surface area contributed by atoms with Gasteiger partial charge in [-0.1, -0.05) is 81.4 Å². The van der Waals surface area contributed by atoms with E-state index in [0.717, 1.165) is 19.4 Å². The van der Waals surface area contributed by atoms with Gasteiger partial charge in [0.25, 0.3) is 8.32 Å². The van der Waals surface area contributed by atoms with Crippen molar-refractivity contribution in [2.24, 2.45) is 5.92 Å². The number of nitrogens with one attached hydrogen (secondary N) is 1. The Hall–Kier alpha value is -2.15. The topological polar surface area (TPSA) is 50.8 Å². The highest BCUT2D eigenvalue weighted by Gasteiger charge is 2.62. The molecule has 0 aromatic heterocycles. The third-order valence-corrected chi connectivity index (χ3v) is 13.0. The second-order valence-corrected chi connectivity index (χ2v) is 16.8. The Morgan fingerprint density at radius 1 is 0.886 bits per heavy atom. The van der Waals surface area contributed by atoms with Gasteiger partial charge in [0.15, 0.2) is 0 Å². The van der Waals surface area contributed by atoms with E-state index in [2.05, 4.69) is 86.8 Å². The Bertz CT molecular complexity index is 1010. The van der Waals surface area contributed by atoms with Crippen molar-refractivity contribution in [2.45, 2.75) is 89.3 Å². The van der Waals surface area contributed by atoms with Gasteiger partial charge in [-0.3, -0.25) is 4.90 Å². The minimum absolute atomic E-state index is 0.0234. The highest BCUT2D eigenvalue weighted by atomic mass is 28.4. The third kappa shape index (κ3) is 4.24. The fourth-order valence-electron chi connectivity index (χ4n) is 6.68. The number of benzene rings is 2. The second kappa shape index (κ2) is 8.75. The highest BCUT2D eigenvalue weighted by molar-refractivity contribution is 6.99. The fraction of sp³-hybridized carbons (Fsp3) is 0.552. The van der Waals surface area contributed by atoms with Crippen LogP contribution in [-0.4, -0.2) is 55.7 Å². The number of carbonyl (C=O) groups is 1. The van der Waals surface area contributed by atoms with Crippen molar-refractivity contribution in [3.05, 3.63) is 60.7 Å². The van der Waals surface area contributed by atoms with Gasteiger partial charge in [0.1, 0.15) is 5.60 Å². The lowest BCUT2D eigenvalue weighted by molar-refractivity contribution is -0.00693. The lowest BCUT2D eigenvalue weighted by atomic mass is 9.88. The van der Waals surface area contributed by atoms with Crippen molar-refractivity contribution in [1.29, 1.82) is 0 Å². The van der Waals surface area contributed by atoms with Gasteiger partial charge in [-0.15, -0.1) is 0 Å². The van der Waals surface area contributed by atoms with E-state index in [1.165, 1.54) is 10.4 Å². The number of piperidine rings is 2. The summed E-state index contributed by atoms with van der Waals surface area (Å²) in [6.45, 7) is 13.8. The predicted octanol–water partition coefficient (Wildman–Crippen LogP) is 4.30. The van der Waals surface area contributed by atoms with Crippen molar-refractivity contribution >= 4 is 24.8 Å². The average Bonchev–Trinajstić information content (AvgIpc) is 2.88. The molecule has 0 spiro atoms. The van der Waals surface area contributed by atoms with Crippen LogP contribution in [0.3, 0.4) is 0 Å². The van der Waals surface area contributed by atoms with Crippen molar-refractivity contribution in [3.63, 3.8) is 0 Å². The summed E-state index contributed by atoms with van der Waals surface area (Å²) in [4.78, 5) is 15.5. The molecule has 188 valence electrons. The molecule has 1 amide bonds. The summed E-state index contributed by atoms with van der Waals surface area (Å²) in [5.74, 6) is 0.577. The zero-order chi connectivity index (χ0) is 25.0. The molecule has 3 aliphatic rings. The summed E-state index contributed by atoms with van der Waals surface area (Å²) in [5, 5.41) is 6.24. The zero-order valence-corrected chi connectivity index (χ0v) is 23.0. The van der Waals surface area contributed by atoms with Crippen LogP contribution in [0.25, 0.3) is 0 Å². The lowest BCUT2D eigenvalue weighted by Gasteiger charge is -2.46. The minimum atomic E-state index is -2.74. The molecule has 35 heavy (non-hydrogen) atoms. The molecule has 3 fully saturated rings. The molecule has 5 atom stereocenters. The Labute approximate surface area is 211 Å². The Balaban J connectivity index is 1.60. The third-order valence-electron chi connectivity index (χ3n) is 7.99. The Kier molecular flexibility index (Phi) is 6.13. The van der Waals surface area contributed by atoms with E-state index in [1.54, 1.807) is 0 Å². The summed E-state index contributed by atoms with van der Waals surface area (Å²) >= 11 is 0. The summed E-state index contributed by atoms with van der Waals surface area (Å²) < 4.78 is 13.5. The SMILES string of the molecule is CC(C)(C)OC(=O)N1C2CC3CNC2[C@@H](O[Si](c2ccccc2)(c2ccccc2)C(C)(C)C)C1C3. The van der Waals surface area contributed by atoms with Gasteiger partial charge >= 0.3 is 6.09 Å². The molecule has 3 aliphatic heterocycles. The number of hydrogen-bond acceptors (Lipinski definition) is 4. The maximum atomic E-state index is 13.4. The molecule has 6 heteroatoms. The number of rotatable bonds is 4. The predicted molar refractivity (Wildman–Crippen MR) is 143 cm³/mol. The molecule has 2 aromatic carbocycles. The van der Waals surface area contributed by atoms with E-state index in [9.17, 15) is 4.79 Å². The van der Waals surface area contributed by atoms with E-state index in [0.29, 0.717) is 5.92 Å². The number of carbonyl (C=O) groups excluding carboxylic acids is 1. The van der Waals surface area contributed by atoms with Crippen LogP contribution in [0.1, 0.15) is 54.4 Å². The molecule has 3 heterocycles. The highest BCUT2D eigenvalue weighted by Crippen LogP contribution is 2.47. The second-order valence-electron chi connectivity index (χ2n) is 12.5. The summed E-state index contributed by atoms with van der Waals surface area (Å²) in [6, 6.07) is 21.9. The number of nitrogens with zero attached hydrogens (tertiary/aromatic N) is 1. The molecule has 3 bridgehead atoms. The quantitative estimate of drug-likeness (QED) is 0.647. The van der Waals surface area contributed by atoms with Crippen molar-refractivity contribution in [1.82, 2.24) is 10.2 Å². The van der Waals surface area contributed by atoms with Crippen LogP contribution in [0.5, 0.6) is 0 Å². The lowest BCUT2D eigenvalue weighted by Crippen LogP contribution is -2.69. The smallest absolute Gasteiger partial charge is 0.410 e. The number of hydrogen-bond donors (Lipinski definition) is 1. The molecule has 5 nitrogen and oxygen atoms in total. The monoisotopic (exact) mass is 492 g/mol. The maximum absolute atomic E-state index is 13.4. The van der Waals surface area contributed by atoms with Gasteiger partial charge in [-0.05, 0) is 61.5 Å². The maximum Gasteiger partial charge on any atom is 0.410 e. The van der Waals surface area contributed by atoms with Crippen molar-refractivity contribution in [3.8, 4) is 0 Å². The van der Waals surface area contributed by atoms with Gasteiger partial charge in [0.2, 0.25) is 0 Å². The van der Waals surface area contributed by atoms with E-state index in [-0.39, 0.29) is 35.4 Å². The normalized spacial score (nSPS) is 28.3. The Morgan fingerprint density at radius 3 is 1.94 bits per heavy atom. The molecule has 5 rings (SSSR count). The van der Waals surface area contributed by atoms with Crippen LogP contribution in [-0.2, 0) is 9.16 Å². The van der Waals surface area contributed by atoms with Gasteiger partial charge in [-0.25, -0.2) is 4.79 Å². The minimum Gasteiger partial charge on any atom is -0.444 e. The first-order chi connectivity index (χ1) is 16.5. The van der Waals surface area contributed by atoms with E-state index in [4.69, 9.17) is 9.16 Å². The number of amides is 1. The molecule has 0 radical (unpaired) electrons. The van der Waals surface area contributed by atoms with Crippen LogP contribution < -0.4 is 15.7 Å². The Morgan fingerprint density at radius 2 is 1.43 bits per heavy atom. The van der Waals surface area contributed by atoms with Gasteiger partial charge in [0.05, 0.1) is 24.2 Å². The number of ether oxygens (including phenoxy) is 1. The average molecular weight is 493 g/mol. The van der Waals surface area contributed by atoms with E-state index < -0.39 is 13.9 Å². The van der Waals surface area contributed by atoms with Gasteiger partial charge in [0, 0.05) is 0 Å².